The van der Waals surface area contributed by atoms with E-state index in [2.05, 4.69) is 12.2 Å². The molecule has 130 valence electrons. The number of benzene rings is 1. The van der Waals surface area contributed by atoms with Crippen molar-refractivity contribution in [3.05, 3.63) is 24.3 Å². The third-order valence-corrected chi connectivity index (χ3v) is 4.67. The van der Waals surface area contributed by atoms with E-state index in [-0.39, 0.29) is 5.91 Å². The van der Waals surface area contributed by atoms with Crippen molar-refractivity contribution in [2.75, 3.05) is 24.2 Å². The molecule has 0 aromatic heterocycles. The van der Waals surface area contributed by atoms with Gasteiger partial charge in [0.25, 0.3) is 5.91 Å². The van der Waals surface area contributed by atoms with Gasteiger partial charge in [0.2, 0.25) is 10.0 Å². The molecule has 0 saturated heterocycles. The Labute approximate surface area is 138 Å². The van der Waals surface area contributed by atoms with Gasteiger partial charge in [-0.1, -0.05) is 20.3 Å². The monoisotopic (exact) mass is 342 g/mol. The fourth-order valence-electron chi connectivity index (χ4n) is 1.91. The van der Waals surface area contributed by atoms with Gasteiger partial charge in [-0.25, -0.2) is 8.42 Å². The summed E-state index contributed by atoms with van der Waals surface area (Å²) < 4.78 is 29.9. The molecule has 6 nitrogen and oxygen atoms in total. The van der Waals surface area contributed by atoms with E-state index < -0.39 is 16.1 Å². The molecule has 0 bridgehead atoms. The van der Waals surface area contributed by atoms with Crippen molar-refractivity contribution < 1.29 is 17.9 Å². The Balaban J connectivity index is 2.70. The molecule has 1 N–H and O–H groups in total. The number of amides is 1. The number of hydrogen-bond donors (Lipinski definition) is 1. The van der Waals surface area contributed by atoms with E-state index in [0.717, 1.165) is 19.1 Å². The molecule has 0 unspecified atom stereocenters. The zero-order valence-electron chi connectivity index (χ0n) is 14.2. The van der Waals surface area contributed by atoms with Crippen LogP contribution in [0.1, 0.15) is 33.1 Å². The van der Waals surface area contributed by atoms with Crippen LogP contribution in [-0.4, -0.2) is 40.3 Å². The van der Waals surface area contributed by atoms with E-state index in [1.54, 1.807) is 24.3 Å². The zero-order chi connectivity index (χ0) is 17.5. The molecule has 1 aromatic carbocycles. The molecule has 1 atom stereocenters. The SMILES string of the molecule is CCCCNC(=O)[C@H](CC)Oc1ccc(N(C)S(C)(=O)=O)cc1. The molecule has 23 heavy (non-hydrogen) atoms. The van der Waals surface area contributed by atoms with Crippen molar-refractivity contribution in [2.45, 2.75) is 39.2 Å². The largest absolute Gasteiger partial charge is 0.481 e. The molecule has 0 aliphatic carbocycles. The van der Waals surface area contributed by atoms with E-state index in [4.69, 9.17) is 4.74 Å². The summed E-state index contributed by atoms with van der Waals surface area (Å²) in [7, 11) is -1.81. The number of carbonyl (C=O) groups excluding carboxylic acids is 1. The summed E-state index contributed by atoms with van der Waals surface area (Å²) in [6, 6.07) is 6.63. The lowest BCUT2D eigenvalue weighted by Gasteiger charge is -2.19. The molecule has 0 fully saturated rings. The van der Waals surface area contributed by atoms with Crippen molar-refractivity contribution in [1.82, 2.24) is 5.32 Å². The molecule has 0 aliphatic heterocycles. The Morgan fingerprint density at radius 1 is 1.26 bits per heavy atom. The highest BCUT2D eigenvalue weighted by Crippen LogP contribution is 2.21. The van der Waals surface area contributed by atoms with Gasteiger partial charge in [-0.05, 0) is 37.1 Å². The maximum Gasteiger partial charge on any atom is 0.261 e. The Hall–Kier alpha value is -1.76. The van der Waals surface area contributed by atoms with Crippen LogP contribution in [0.2, 0.25) is 0 Å². The molecule has 0 heterocycles. The minimum absolute atomic E-state index is 0.127. The summed E-state index contributed by atoms with van der Waals surface area (Å²) in [5.74, 6) is 0.409. The first-order valence-corrected chi connectivity index (χ1v) is 9.62. The Morgan fingerprint density at radius 3 is 2.35 bits per heavy atom. The molecule has 1 amide bonds. The lowest BCUT2D eigenvalue weighted by molar-refractivity contribution is -0.128. The van der Waals surface area contributed by atoms with Crippen LogP contribution in [0.15, 0.2) is 24.3 Å². The van der Waals surface area contributed by atoms with Crippen LogP contribution in [0.3, 0.4) is 0 Å². The minimum Gasteiger partial charge on any atom is -0.481 e. The second-order valence-electron chi connectivity index (χ2n) is 5.38. The molecule has 0 saturated carbocycles. The topological polar surface area (TPSA) is 75.7 Å². The van der Waals surface area contributed by atoms with Gasteiger partial charge in [0.15, 0.2) is 6.10 Å². The van der Waals surface area contributed by atoms with Gasteiger partial charge < -0.3 is 10.1 Å². The number of ether oxygens (including phenoxy) is 1. The number of nitrogens with zero attached hydrogens (tertiary/aromatic N) is 1. The first-order valence-electron chi connectivity index (χ1n) is 7.77. The van der Waals surface area contributed by atoms with Gasteiger partial charge in [0, 0.05) is 13.6 Å². The number of nitrogens with one attached hydrogen (secondary N) is 1. The van der Waals surface area contributed by atoms with E-state index in [9.17, 15) is 13.2 Å². The van der Waals surface area contributed by atoms with Crippen molar-refractivity contribution in [3.8, 4) is 5.75 Å². The number of carbonyl (C=O) groups is 1. The Morgan fingerprint density at radius 2 is 1.87 bits per heavy atom. The normalized spacial score (nSPS) is 12.5. The van der Waals surface area contributed by atoms with Gasteiger partial charge in [-0.15, -0.1) is 0 Å². The second kappa shape index (κ2) is 8.76. The maximum atomic E-state index is 12.0. The predicted molar refractivity (Wildman–Crippen MR) is 92.3 cm³/mol. The fraction of sp³-hybridized carbons (Fsp3) is 0.562. The van der Waals surface area contributed by atoms with Crippen molar-refractivity contribution in [2.24, 2.45) is 0 Å². The van der Waals surface area contributed by atoms with E-state index in [1.165, 1.54) is 11.4 Å². The second-order valence-corrected chi connectivity index (χ2v) is 7.40. The van der Waals surface area contributed by atoms with Gasteiger partial charge >= 0.3 is 0 Å². The smallest absolute Gasteiger partial charge is 0.261 e. The summed E-state index contributed by atoms with van der Waals surface area (Å²) in [5.41, 5.74) is 0.542. The van der Waals surface area contributed by atoms with E-state index in [1.807, 2.05) is 6.92 Å². The van der Waals surface area contributed by atoms with Gasteiger partial charge in [-0.3, -0.25) is 9.10 Å². The van der Waals surface area contributed by atoms with Crippen LogP contribution in [0, 0.1) is 0 Å². The third-order valence-electron chi connectivity index (χ3n) is 3.47. The lowest BCUT2D eigenvalue weighted by atomic mass is 10.2. The maximum absolute atomic E-state index is 12.0. The van der Waals surface area contributed by atoms with Gasteiger partial charge in [0.05, 0.1) is 11.9 Å². The molecule has 7 heteroatoms. The molecule has 0 spiro atoms. The van der Waals surface area contributed by atoms with Crippen LogP contribution < -0.4 is 14.4 Å². The highest BCUT2D eigenvalue weighted by atomic mass is 32.2. The van der Waals surface area contributed by atoms with Crippen molar-refractivity contribution in [3.63, 3.8) is 0 Å². The van der Waals surface area contributed by atoms with Crippen molar-refractivity contribution >= 4 is 21.6 Å². The van der Waals surface area contributed by atoms with Crippen LogP contribution in [-0.2, 0) is 14.8 Å². The fourth-order valence-corrected chi connectivity index (χ4v) is 2.42. The molecule has 1 aromatic rings. The van der Waals surface area contributed by atoms with Crippen LogP contribution >= 0.6 is 0 Å². The number of hydrogen-bond acceptors (Lipinski definition) is 4. The van der Waals surface area contributed by atoms with E-state index in [0.29, 0.717) is 24.4 Å². The summed E-state index contributed by atoms with van der Waals surface area (Å²) in [6.07, 6.45) is 3.11. The predicted octanol–water partition coefficient (Wildman–Crippen LogP) is 2.16. The highest BCUT2D eigenvalue weighted by molar-refractivity contribution is 7.92. The van der Waals surface area contributed by atoms with Crippen LogP contribution in [0.4, 0.5) is 5.69 Å². The average Bonchev–Trinajstić information content (AvgIpc) is 2.51. The number of unbranched alkanes of at least 4 members (excludes halogenated alkanes) is 1. The first-order chi connectivity index (χ1) is 10.8. The molecule has 0 radical (unpaired) electrons. The quantitative estimate of drug-likeness (QED) is 0.698. The molecule has 0 aliphatic rings. The summed E-state index contributed by atoms with van der Waals surface area (Å²) in [5, 5.41) is 2.85. The zero-order valence-corrected chi connectivity index (χ0v) is 15.0. The van der Waals surface area contributed by atoms with Gasteiger partial charge in [-0.2, -0.15) is 0 Å². The summed E-state index contributed by atoms with van der Waals surface area (Å²) in [6.45, 7) is 4.60. The van der Waals surface area contributed by atoms with Crippen LogP contribution in [0.25, 0.3) is 0 Å². The van der Waals surface area contributed by atoms with Crippen LogP contribution in [0.5, 0.6) is 5.75 Å². The molecular weight excluding hydrogens is 316 g/mol. The highest BCUT2D eigenvalue weighted by Gasteiger charge is 2.18. The average molecular weight is 342 g/mol. The minimum atomic E-state index is -3.29. The Kier molecular flexibility index (Phi) is 7.35. The third kappa shape index (κ3) is 6.09. The van der Waals surface area contributed by atoms with E-state index >= 15 is 0 Å². The number of anilines is 1. The Bertz CT molecular complexity index is 599. The summed E-state index contributed by atoms with van der Waals surface area (Å²) >= 11 is 0. The summed E-state index contributed by atoms with van der Waals surface area (Å²) in [4.78, 5) is 12.0. The molecule has 1 rings (SSSR count). The standard InChI is InChI=1S/C16H26N2O4S/c1-5-7-12-17-16(19)15(6-2)22-14-10-8-13(9-11-14)18(3)23(4,20)21/h8-11,15H,5-7,12H2,1-4H3,(H,17,19)/t15-/m0/s1. The lowest BCUT2D eigenvalue weighted by Crippen LogP contribution is -2.38. The molecular formula is C16H26N2O4S. The number of sulfonamides is 1. The van der Waals surface area contributed by atoms with Crippen molar-refractivity contribution in [1.29, 1.82) is 0 Å². The van der Waals surface area contributed by atoms with Gasteiger partial charge in [0.1, 0.15) is 5.75 Å². The number of rotatable bonds is 9. The first kappa shape index (κ1) is 19.3.